The van der Waals surface area contributed by atoms with Gasteiger partial charge in [0.25, 0.3) is 0 Å². The first-order valence-electron chi connectivity index (χ1n) is 5.43. The molecule has 0 aliphatic carbocycles. The third-order valence-corrected chi connectivity index (χ3v) is 4.60. The standard InChI is InChI=1S/C9H21N2O2P/c1-4-8-7-9(5-2)11-14(12,10-8)13-6-3/h8-9H,4-7H2,1-3H3,(H2,10,11,12)/t8-,9-/m0/s1. The van der Waals surface area contributed by atoms with Crippen LogP contribution in [0.3, 0.4) is 0 Å². The summed E-state index contributed by atoms with van der Waals surface area (Å²) in [6, 6.07) is 0.636. The summed E-state index contributed by atoms with van der Waals surface area (Å²) in [6.45, 7) is 6.54. The van der Waals surface area contributed by atoms with Gasteiger partial charge in [-0.25, -0.2) is 10.2 Å². The molecule has 0 aromatic carbocycles. The van der Waals surface area contributed by atoms with E-state index in [-0.39, 0.29) is 0 Å². The summed E-state index contributed by atoms with van der Waals surface area (Å²) in [5.41, 5.74) is 0. The Morgan fingerprint density at radius 3 is 2.07 bits per heavy atom. The Labute approximate surface area is 86.4 Å². The minimum absolute atomic E-state index is 0.318. The molecule has 1 fully saturated rings. The summed E-state index contributed by atoms with van der Waals surface area (Å²) < 4.78 is 17.4. The van der Waals surface area contributed by atoms with Crippen LogP contribution in [-0.2, 0) is 9.09 Å². The first kappa shape index (κ1) is 12.2. The lowest BCUT2D eigenvalue weighted by molar-refractivity contribution is 0.278. The normalized spacial score (nSPS) is 38.5. The molecule has 0 unspecified atom stereocenters. The Hall–Kier alpha value is 0.110. The molecule has 0 spiro atoms. The summed E-state index contributed by atoms with van der Waals surface area (Å²) in [7, 11) is -2.76. The van der Waals surface area contributed by atoms with Crippen LogP contribution in [-0.4, -0.2) is 18.7 Å². The summed E-state index contributed by atoms with van der Waals surface area (Å²) in [5, 5.41) is 6.13. The van der Waals surface area contributed by atoms with Crippen LogP contribution >= 0.6 is 7.67 Å². The van der Waals surface area contributed by atoms with E-state index in [1.807, 2.05) is 6.92 Å². The topological polar surface area (TPSA) is 50.4 Å². The van der Waals surface area contributed by atoms with Crippen molar-refractivity contribution in [2.75, 3.05) is 6.61 Å². The Balaban J connectivity index is 2.63. The fraction of sp³-hybridized carbons (Fsp3) is 1.00. The Morgan fingerprint density at radius 1 is 1.21 bits per heavy atom. The molecule has 0 saturated carbocycles. The molecular weight excluding hydrogens is 199 g/mol. The fourth-order valence-electron chi connectivity index (χ4n) is 1.74. The highest BCUT2D eigenvalue weighted by Gasteiger charge is 2.34. The van der Waals surface area contributed by atoms with Crippen molar-refractivity contribution >= 4 is 7.67 Å². The number of hydrogen-bond acceptors (Lipinski definition) is 2. The van der Waals surface area contributed by atoms with E-state index in [4.69, 9.17) is 4.52 Å². The molecule has 1 rings (SSSR count). The number of rotatable bonds is 4. The molecule has 0 aromatic rings. The van der Waals surface area contributed by atoms with Gasteiger partial charge >= 0.3 is 7.67 Å². The Bertz CT molecular complexity index is 207. The van der Waals surface area contributed by atoms with Crippen LogP contribution in [0.15, 0.2) is 0 Å². The van der Waals surface area contributed by atoms with Gasteiger partial charge in [0.15, 0.2) is 0 Å². The van der Waals surface area contributed by atoms with Gasteiger partial charge in [-0.2, -0.15) is 0 Å². The maximum absolute atomic E-state index is 12.1. The molecule has 2 atom stereocenters. The van der Waals surface area contributed by atoms with Crippen molar-refractivity contribution in [2.24, 2.45) is 0 Å². The lowest BCUT2D eigenvalue weighted by Gasteiger charge is -2.35. The molecule has 5 heteroatoms. The highest BCUT2D eigenvalue weighted by atomic mass is 31.2. The summed E-state index contributed by atoms with van der Waals surface area (Å²) in [6.07, 6.45) is 3.02. The van der Waals surface area contributed by atoms with Crippen LogP contribution in [0.1, 0.15) is 40.0 Å². The predicted octanol–water partition coefficient (Wildman–Crippen LogP) is 2.27. The third-order valence-electron chi connectivity index (χ3n) is 2.57. The SMILES string of the molecule is CCOP1(=O)N[C@@H](CC)C[C@H](CC)N1. The second kappa shape index (κ2) is 5.26. The monoisotopic (exact) mass is 220 g/mol. The van der Waals surface area contributed by atoms with Crippen molar-refractivity contribution in [3.8, 4) is 0 Å². The van der Waals surface area contributed by atoms with Crippen molar-refractivity contribution < 1.29 is 9.09 Å². The second-order valence-electron chi connectivity index (χ2n) is 3.67. The van der Waals surface area contributed by atoms with Crippen LogP contribution < -0.4 is 10.2 Å². The average Bonchev–Trinajstić information content (AvgIpc) is 2.16. The predicted molar refractivity (Wildman–Crippen MR) is 58.3 cm³/mol. The van der Waals surface area contributed by atoms with Gasteiger partial charge < -0.3 is 4.52 Å². The average molecular weight is 220 g/mol. The third kappa shape index (κ3) is 3.06. The van der Waals surface area contributed by atoms with Crippen molar-refractivity contribution in [1.29, 1.82) is 0 Å². The quantitative estimate of drug-likeness (QED) is 0.713. The van der Waals surface area contributed by atoms with Gasteiger partial charge in [0.1, 0.15) is 0 Å². The Kier molecular flexibility index (Phi) is 4.58. The highest BCUT2D eigenvalue weighted by molar-refractivity contribution is 7.54. The van der Waals surface area contributed by atoms with Gasteiger partial charge in [0.2, 0.25) is 0 Å². The van der Waals surface area contributed by atoms with Gasteiger partial charge in [-0.05, 0) is 26.2 Å². The van der Waals surface area contributed by atoms with Crippen molar-refractivity contribution in [3.05, 3.63) is 0 Å². The maximum atomic E-state index is 12.1. The van der Waals surface area contributed by atoms with E-state index in [1.165, 1.54) is 0 Å². The van der Waals surface area contributed by atoms with Crippen molar-refractivity contribution in [1.82, 2.24) is 10.2 Å². The molecular formula is C9H21N2O2P. The maximum Gasteiger partial charge on any atom is 0.341 e. The van der Waals surface area contributed by atoms with Crippen LogP contribution in [0, 0.1) is 0 Å². The van der Waals surface area contributed by atoms with Gasteiger partial charge in [-0.3, -0.25) is 4.57 Å². The van der Waals surface area contributed by atoms with Crippen molar-refractivity contribution in [2.45, 2.75) is 52.1 Å². The molecule has 4 nitrogen and oxygen atoms in total. The molecule has 1 aliphatic heterocycles. The van der Waals surface area contributed by atoms with Gasteiger partial charge in [0, 0.05) is 12.1 Å². The summed E-state index contributed by atoms with van der Waals surface area (Å²) >= 11 is 0. The molecule has 0 amide bonds. The zero-order valence-corrected chi connectivity index (χ0v) is 10.1. The largest absolute Gasteiger partial charge is 0.341 e. The molecule has 0 bridgehead atoms. The van der Waals surface area contributed by atoms with E-state index in [1.54, 1.807) is 0 Å². The second-order valence-corrected chi connectivity index (χ2v) is 5.55. The molecule has 1 aliphatic rings. The summed E-state index contributed by atoms with van der Waals surface area (Å²) in [4.78, 5) is 0. The molecule has 1 saturated heterocycles. The van der Waals surface area contributed by atoms with Crippen LogP contribution in [0.4, 0.5) is 0 Å². The van der Waals surface area contributed by atoms with Crippen LogP contribution in [0.2, 0.25) is 0 Å². The van der Waals surface area contributed by atoms with E-state index in [9.17, 15) is 4.57 Å². The zero-order chi connectivity index (χ0) is 10.6. The van der Waals surface area contributed by atoms with Gasteiger partial charge in [-0.15, -0.1) is 0 Å². The lowest BCUT2D eigenvalue weighted by atomic mass is 10.0. The molecule has 84 valence electrons. The number of nitrogens with one attached hydrogen (secondary N) is 2. The minimum atomic E-state index is -2.76. The first-order valence-corrected chi connectivity index (χ1v) is 7.06. The highest BCUT2D eigenvalue weighted by Crippen LogP contribution is 2.43. The van der Waals surface area contributed by atoms with E-state index in [2.05, 4.69) is 24.0 Å². The van der Waals surface area contributed by atoms with Crippen LogP contribution in [0.25, 0.3) is 0 Å². The lowest BCUT2D eigenvalue weighted by Crippen LogP contribution is -2.46. The molecule has 0 aromatic heterocycles. The Morgan fingerprint density at radius 2 is 1.71 bits per heavy atom. The molecule has 0 radical (unpaired) electrons. The zero-order valence-electron chi connectivity index (χ0n) is 9.25. The van der Waals surface area contributed by atoms with Gasteiger partial charge in [0.05, 0.1) is 6.61 Å². The smallest absolute Gasteiger partial charge is 0.306 e. The van der Waals surface area contributed by atoms with Crippen molar-refractivity contribution in [3.63, 3.8) is 0 Å². The first-order chi connectivity index (χ1) is 6.63. The molecule has 1 heterocycles. The van der Waals surface area contributed by atoms with Crippen LogP contribution in [0.5, 0.6) is 0 Å². The summed E-state index contributed by atoms with van der Waals surface area (Å²) in [5.74, 6) is 0. The minimum Gasteiger partial charge on any atom is -0.306 e. The molecule has 14 heavy (non-hydrogen) atoms. The number of hydrogen-bond donors (Lipinski definition) is 2. The van der Waals surface area contributed by atoms with Gasteiger partial charge in [-0.1, -0.05) is 13.8 Å². The van der Waals surface area contributed by atoms with E-state index < -0.39 is 7.67 Å². The van der Waals surface area contributed by atoms with E-state index in [0.717, 1.165) is 19.3 Å². The fourth-order valence-corrected chi connectivity index (χ4v) is 3.86. The molecule has 2 N–H and O–H groups in total. The van der Waals surface area contributed by atoms with E-state index >= 15 is 0 Å². The van der Waals surface area contributed by atoms with E-state index in [0.29, 0.717) is 18.7 Å².